The molecule has 128 valence electrons. The summed E-state index contributed by atoms with van der Waals surface area (Å²) in [4.78, 5) is 26.4. The molecule has 1 aromatic rings. The second-order valence-electron chi connectivity index (χ2n) is 6.00. The fourth-order valence-corrected chi connectivity index (χ4v) is 3.33. The lowest BCUT2D eigenvalue weighted by Crippen LogP contribution is -2.52. The van der Waals surface area contributed by atoms with Gasteiger partial charge in [0, 0.05) is 28.4 Å². The Hall–Kier alpha value is -0.950. The quantitative estimate of drug-likeness (QED) is 0.842. The molecule has 0 aromatic heterocycles. The summed E-state index contributed by atoms with van der Waals surface area (Å²) in [6.45, 7) is 4.05. The zero-order valence-electron chi connectivity index (χ0n) is 13.0. The van der Waals surface area contributed by atoms with Gasteiger partial charge >= 0.3 is 0 Å². The van der Waals surface area contributed by atoms with Crippen molar-refractivity contribution in [2.45, 2.75) is 25.4 Å². The number of nitrogens with two attached hydrogens (primary N) is 1. The van der Waals surface area contributed by atoms with Crippen molar-refractivity contribution in [1.29, 1.82) is 0 Å². The molecule has 2 rings (SSSR count). The van der Waals surface area contributed by atoms with Gasteiger partial charge in [-0.1, -0.05) is 11.6 Å². The summed E-state index contributed by atoms with van der Waals surface area (Å²) in [6.07, 6.45) is 0. The van der Waals surface area contributed by atoms with Gasteiger partial charge in [0.2, 0.25) is 5.91 Å². The van der Waals surface area contributed by atoms with Crippen LogP contribution in [0.5, 0.6) is 0 Å². The van der Waals surface area contributed by atoms with Gasteiger partial charge in [-0.15, -0.1) is 24.2 Å². The van der Waals surface area contributed by atoms with Gasteiger partial charge < -0.3 is 16.0 Å². The second-order valence-corrected chi connectivity index (χ2v) is 7.44. The van der Waals surface area contributed by atoms with Crippen molar-refractivity contribution in [2.75, 3.05) is 18.2 Å². The van der Waals surface area contributed by atoms with Gasteiger partial charge in [0.15, 0.2) is 0 Å². The first-order valence-electron chi connectivity index (χ1n) is 6.99. The van der Waals surface area contributed by atoms with Crippen LogP contribution in [0.4, 0.5) is 0 Å². The summed E-state index contributed by atoms with van der Waals surface area (Å²) in [5.74, 6) is 0.779. The average molecular weight is 378 g/mol. The van der Waals surface area contributed by atoms with Crippen LogP contribution in [0, 0.1) is 0 Å². The zero-order chi connectivity index (χ0) is 16.3. The van der Waals surface area contributed by atoms with E-state index in [1.807, 2.05) is 13.8 Å². The molecule has 1 aliphatic heterocycles. The number of carbonyl (C=O) groups excluding carboxylic acids is 2. The Morgan fingerprint density at radius 2 is 2.00 bits per heavy atom. The molecule has 3 N–H and O–H groups in total. The Morgan fingerprint density at radius 1 is 1.39 bits per heavy atom. The molecule has 1 unspecified atom stereocenters. The number of nitrogens with zero attached hydrogens (tertiary/aromatic N) is 1. The molecule has 0 bridgehead atoms. The predicted octanol–water partition coefficient (Wildman–Crippen LogP) is 2.13. The standard InChI is InChI=1S/C15H20ClN3O2S.ClH/c1-15(2,17)8-18-13(20)12-7-22-9-19(12)14(21)10-3-5-11(16)6-4-10;/h3-6,12H,7-9,17H2,1-2H3,(H,18,20);1H. The number of amides is 2. The van der Waals surface area contributed by atoms with E-state index in [2.05, 4.69) is 5.32 Å². The molecule has 0 spiro atoms. The van der Waals surface area contributed by atoms with Gasteiger partial charge in [-0.3, -0.25) is 9.59 Å². The van der Waals surface area contributed by atoms with Crippen LogP contribution in [-0.4, -0.2) is 46.5 Å². The summed E-state index contributed by atoms with van der Waals surface area (Å²) in [5, 5.41) is 3.39. The van der Waals surface area contributed by atoms with E-state index in [4.69, 9.17) is 17.3 Å². The molecule has 1 aromatic carbocycles. The van der Waals surface area contributed by atoms with Crippen LogP contribution in [0.1, 0.15) is 24.2 Å². The monoisotopic (exact) mass is 377 g/mol. The Labute approximate surface area is 151 Å². The Balaban J connectivity index is 0.00000264. The molecular weight excluding hydrogens is 357 g/mol. The van der Waals surface area contributed by atoms with Gasteiger partial charge in [-0.25, -0.2) is 0 Å². The molecule has 1 atom stereocenters. The zero-order valence-corrected chi connectivity index (χ0v) is 15.4. The minimum atomic E-state index is -0.480. The molecule has 5 nitrogen and oxygen atoms in total. The molecule has 2 amide bonds. The first-order chi connectivity index (χ1) is 10.3. The highest BCUT2D eigenvalue weighted by Gasteiger charge is 2.35. The average Bonchev–Trinajstić information content (AvgIpc) is 2.93. The van der Waals surface area contributed by atoms with E-state index in [1.54, 1.807) is 40.9 Å². The van der Waals surface area contributed by atoms with Gasteiger partial charge in [-0.2, -0.15) is 0 Å². The van der Waals surface area contributed by atoms with E-state index in [9.17, 15) is 9.59 Å². The van der Waals surface area contributed by atoms with E-state index in [0.717, 1.165) is 0 Å². The summed E-state index contributed by atoms with van der Waals surface area (Å²) in [7, 11) is 0. The van der Waals surface area contributed by atoms with Crippen molar-refractivity contribution < 1.29 is 9.59 Å². The third-order valence-electron chi connectivity index (χ3n) is 3.26. The largest absolute Gasteiger partial charge is 0.352 e. The van der Waals surface area contributed by atoms with Crippen LogP contribution in [-0.2, 0) is 4.79 Å². The van der Waals surface area contributed by atoms with E-state index in [1.165, 1.54) is 0 Å². The van der Waals surface area contributed by atoms with Crippen molar-refractivity contribution in [1.82, 2.24) is 10.2 Å². The summed E-state index contributed by atoms with van der Waals surface area (Å²) in [5.41, 5.74) is 5.92. The number of hydrogen-bond donors (Lipinski definition) is 2. The molecule has 0 saturated carbocycles. The highest BCUT2D eigenvalue weighted by Crippen LogP contribution is 2.24. The van der Waals surface area contributed by atoms with Crippen molar-refractivity contribution in [3.63, 3.8) is 0 Å². The van der Waals surface area contributed by atoms with Gasteiger partial charge in [-0.05, 0) is 38.1 Å². The Bertz CT molecular complexity index is 561. The molecule has 8 heteroatoms. The van der Waals surface area contributed by atoms with Crippen molar-refractivity contribution in [2.24, 2.45) is 5.73 Å². The highest BCUT2D eigenvalue weighted by atomic mass is 35.5. The molecule has 1 saturated heterocycles. The van der Waals surface area contributed by atoms with Crippen molar-refractivity contribution in [3.8, 4) is 0 Å². The van der Waals surface area contributed by atoms with Crippen LogP contribution >= 0.6 is 35.8 Å². The van der Waals surface area contributed by atoms with E-state index < -0.39 is 11.6 Å². The minimum absolute atomic E-state index is 0. The fourth-order valence-electron chi connectivity index (χ4n) is 2.05. The Kier molecular flexibility index (Phi) is 7.20. The summed E-state index contributed by atoms with van der Waals surface area (Å²) in [6, 6.07) is 6.22. The molecule has 1 aliphatic rings. The van der Waals surface area contributed by atoms with Crippen LogP contribution in [0.2, 0.25) is 5.02 Å². The number of nitrogens with one attached hydrogen (secondary N) is 1. The molecule has 1 heterocycles. The van der Waals surface area contributed by atoms with Gasteiger partial charge in [0.1, 0.15) is 6.04 Å². The smallest absolute Gasteiger partial charge is 0.255 e. The molecule has 0 radical (unpaired) electrons. The first kappa shape index (κ1) is 20.1. The lowest BCUT2D eigenvalue weighted by molar-refractivity contribution is -0.124. The number of hydrogen-bond acceptors (Lipinski definition) is 4. The number of carbonyl (C=O) groups is 2. The number of benzene rings is 1. The SMILES string of the molecule is CC(C)(N)CNC(=O)C1CSCN1C(=O)c1ccc(Cl)cc1.Cl. The number of rotatable bonds is 4. The molecule has 23 heavy (non-hydrogen) atoms. The van der Waals surface area contributed by atoms with Crippen LogP contribution in [0.25, 0.3) is 0 Å². The van der Waals surface area contributed by atoms with Crippen molar-refractivity contribution >= 4 is 47.6 Å². The maximum absolute atomic E-state index is 12.5. The topological polar surface area (TPSA) is 75.4 Å². The Morgan fingerprint density at radius 3 is 2.57 bits per heavy atom. The first-order valence-corrected chi connectivity index (χ1v) is 8.52. The molecule has 1 fully saturated rings. The normalized spacial score (nSPS) is 17.6. The van der Waals surface area contributed by atoms with Gasteiger partial charge in [0.05, 0.1) is 5.88 Å². The summed E-state index contributed by atoms with van der Waals surface area (Å²) >= 11 is 7.40. The molecule has 0 aliphatic carbocycles. The van der Waals surface area contributed by atoms with Crippen LogP contribution < -0.4 is 11.1 Å². The maximum Gasteiger partial charge on any atom is 0.255 e. The third-order valence-corrected chi connectivity index (χ3v) is 4.52. The molecular formula is C15H21Cl2N3O2S. The predicted molar refractivity (Wildman–Crippen MR) is 97.3 cm³/mol. The van der Waals surface area contributed by atoms with Crippen LogP contribution in [0.3, 0.4) is 0 Å². The summed E-state index contributed by atoms with van der Waals surface area (Å²) < 4.78 is 0. The number of thioether (sulfide) groups is 1. The third kappa shape index (κ3) is 5.57. The van der Waals surface area contributed by atoms with E-state index in [-0.39, 0.29) is 24.2 Å². The number of halogens is 2. The van der Waals surface area contributed by atoms with Gasteiger partial charge in [0.25, 0.3) is 5.91 Å². The lowest BCUT2D eigenvalue weighted by Gasteiger charge is -2.25. The van der Waals surface area contributed by atoms with Crippen LogP contribution in [0.15, 0.2) is 24.3 Å². The lowest BCUT2D eigenvalue weighted by atomic mass is 10.1. The second kappa shape index (κ2) is 8.24. The fraction of sp³-hybridized carbons (Fsp3) is 0.467. The van der Waals surface area contributed by atoms with E-state index in [0.29, 0.717) is 28.8 Å². The highest BCUT2D eigenvalue weighted by molar-refractivity contribution is 7.99. The minimum Gasteiger partial charge on any atom is -0.352 e. The maximum atomic E-state index is 12.5. The van der Waals surface area contributed by atoms with E-state index >= 15 is 0 Å². The van der Waals surface area contributed by atoms with Crippen molar-refractivity contribution in [3.05, 3.63) is 34.9 Å².